The lowest BCUT2D eigenvalue weighted by Gasteiger charge is -2.18. The fourth-order valence-electron chi connectivity index (χ4n) is 2.09. The number of hydrogen-bond acceptors (Lipinski definition) is 5. The molecule has 0 aromatic heterocycles. The predicted octanol–water partition coefficient (Wildman–Crippen LogP) is -0.176. The molecule has 0 heterocycles. The van der Waals surface area contributed by atoms with E-state index < -0.39 is 0 Å². The van der Waals surface area contributed by atoms with Crippen molar-refractivity contribution in [3.05, 3.63) is 0 Å². The van der Waals surface area contributed by atoms with Crippen LogP contribution in [-0.2, 0) is 14.4 Å². The van der Waals surface area contributed by atoms with Gasteiger partial charge in [0.15, 0.2) is 0 Å². The molecule has 3 atom stereocenters. The Balaban J connectivity index is 3.86. The van der Waals surface area contributed by atoms with Crippen LogP contribution in [0.4, 0.5) is 0 Å². The van der Waals surface area contributed by atoms with Gasteiger partial charge in [-0.2, -0.15) is 5.26 Å². The van der Waals surface area contributed by atoms with Gasteiger partial charge in [-0.15, -0.1) is 0 Å². The van der Waals surface area contributed by atoms with Crippen molar-refractivity contribution >= 4 is 18.2 Å². The molecule has 0 aliphatic carbocycles. The van der Waals surface area contributed by atoms with Crippen molar-refractivity contribution in [3.8, 4) is 6.07 Å². The summed E-state index contributed by atoms with van der Waals surface area (Å²) in [6, 6.07) is 1.41. The van der Waals surface area contributed by atoms with Crippen LogP contribution in [0, 0.1) is 17.2 Å². The molecule has 0 aromatic rings. The van der Waals surface area contributed by atoms with E-state index in [2.05, 4.69) is 16.0 Å². The summed E-state index contributed by atoms with van der Waals surface area (Å²) < 4.78 is 0. The van der Waals surface area contributed by atoms with E-state index in [0.717, 1.165) is 12.8 Å². The highest BCUT2D eigenvalue weighted by atomic mass is 16.3. The third-order valence-electron chi connectivity index (χ3n) is 3.44. The Bertz CT molecular complexity index is 436. The fraction of sp³-hybridized carbons (Fsp3) is 0.750. The third-order valence-corrected chi connectivity index (χ3v) is 3.44. The fourth-order valence-corrected chi connectivity index (χ4v) is 2.09. The molecule has 24 heavy (non-hydrogen) atoms. The van der Waals surface area contributed by atoms with Gasteiger partial charge < -0.3 is 21.1 Å². The number of rotatable bonds is 13. The number of aliphatic hydroxyl groups excluding tert-OH is 1. The summed E-state index contributed by atoms with van der Waals surface area (Å²) in [6.07, 6.45) is 2.96. The molecular weight excluding hydrogens is 312 g/mol. The lowest BCUT2D eigenvalue weighted by molar-refractivity contribution is -0.123. The first-order valence-electron chi connectivity index (χ1n) is 8.19. The summed E-state index contributed by atoms with van der Waals surface area (Å²) in [5.41, 5.74) is 0. The molecule has 0 saturated carbocycles. The molecule has 0 aliphatic heterocycles. The average molecular weight is 340 g/mol. The number of carbonyl (C=O) groups is 3. The van der Waals surface area contributed by atoms with Gasteiger partial charge in [0.2, 0.25) is 18.2 Å². The molecule has 136 valence electrons. The van der Waals surface area contributed by atoms with Crippen molar-refractivity contribution in [2.24, 2.45) is 5.92 Å². The van der Waals surface area contributed by atoms with Crippen LogP contribution in [0.25, 0.3) is 0 Å². The Morgan fingerprint density at radius 2 is 1.92 bits per heavy atom. The van der Waals surface area contributed by atoms with E-state index in [0.29, 0.717) is 19.4 Å². The minimum atomic E-state index is -0.338. The summed E-state index contributed by atoms with van der Waals surface area (Å²) in [6.45, 7) is 3.76. The molecule has 0 fully saturated rings. The van der Waals surface area contributed by atoms with Crippen molar-refractivity contribution in [2.75, 3.05) is 13.2 Å². The Morgan fingerprint density at radius 1 is 1.21 bits per heavy atom. The number of nitrogens with zero attached hydrogens (tertiary/aromatic N) is 1. The number of nitriles is 1. The zero-order valence-corrected chi connectivity index (χ0v) is 14.4. The maximum atomic E-state index is 11.7. The van der Waals surface area contributed by atoms with E-state index in [9.17, 15) is 19.5 Å². The molecule has 0 spiro atoms. The monoisotopic (exact) mass is 340 g/mol. The van der Waals surface area contributed by atoms with Gasteiger partial charge in [0.05, 0.1) is 24.6 Å². The predicted molar refractivity (Wildman–Crippen MR) is 88.5 cm³/mol. The average Bonchev–Trinajstić information content (AvgIpc) is 2.53. The Morgan fingerprint density at radius 3 is 2.50 bits per heavy atom. The van der Waals surface area contributed by atoms with E-state index in [1.54, 1.807) is 13.8 Å². The largest absolute Gasteiger partial charge is 0.394 e. The van der Waals surface area contributed by atoms with Gasteiger partial charge in [-0.3, -0.25) is 14.4 Å². The molecule has 0 radical (unpaired) electrons. The first-order chi connectivity index (χ1) is 11.4. The molecule has 3 amide bonds. The minimum Gasteiger partial charge on any atom is -0.394 e. The van der Waals surface area contributed by atoms with Crippen LogP contribution in [0.1, 0.15) is 46.0 Å². The Kier molecular flexibility index (Phi) is 12.1. The lowest BCUT2D eigenvalue weighted by Crippen LogP contribution is -2.40. The third kappa shape index (κ3) is 11.4. The molecule has 8 nitrogen and oxygen atoms in total. The quantitative estimate of drug-likeness (QED) is 0.273. The minimum absolute atomic E-state index is 0.146. The van der Waals surface area contributed by atoms with Crippen LogP contribution < -0.4 is 16.0 Å². The van der Waals surface area contributed by atoms with Crippen molar-refractivity contribution in [1.82, 2.24) is 16.0 Å². The van der Waals surface area contributed by atoms with Gasteiger partial charge in [0.1, 0.15) is 0 Å². The Hall–Kier alpha value is -2.14. The van der Waals surface area contributed by atoms with Gasteiger partial charge >= 0.3 is 0 Å². The van der Waals surface area contributed by atoms with E-state index in [-0.39, 0.29) is 49.3 Å². The van der Waals surface area contributed by atoms with Gasteiger partial charge in [-0.05, 0) is 33.1 Å². The molecule has 0 aliphatic rings. The summed E-state index contributed by atoms with van der Waals surface area (Å²) in [5, 5.41) is 25.9. The molecule has 8 heteroatoms. The second-order valence-corrected chi connectivity index (χ2v) is 5.92. The highest BCUT2D eigenvalue weighted by molar-refractivity contribution is 5.77. The number of aliphatic hydroxyl groups is 1. The second-order valence-electron chi connectivity index (χ2n) is 5.92. The number of hydrogen-bond donors (Lipinski definition) is 4. The molecule has 0 unspecified atom stereocenters. The number of amides is 3. The van der Waals surface area contributed by atoms with Gasteiger partial charge in [0, 0.05) is 25.4 Å². The van der Waals surface area contributed by atoms with Crippen LogP contribution in [-0.4, -0.2) is 48.6 Å². The second kappa shape index (κ2) is 13.3. The first kappa shape index (κ1) is 21.9. The normalized spacial score (nSPS) is 13.9. The number of unbranched alkanes of at least 4 members (excludes halogenated alkanes) is 1. The smallest absolute Gasteiger partial charge is 0.222 e. The van der Waals surface area contributed by atoms with E-state index >= 15 is 0 Å². The van der Waals surface area contributed by atoms with Crippen LogP contribution >= 0.6 is 0 Å². The zero-order chi connectivity index (χ0) is 18.4. The van der Waals surface area contributed by atoms with Crippen molar-refractivity contribution in [2.45, 2.75) is 58.0 Å². The standard InChI is InChI=1S/C16H28N4O4/c1-12(9-17)7-15(23)18-6-4-3-5-14(10-21)20-16(24)8-13(2)19-11-22/h11-14,21H,3-8,10H2,1-2H3,(H,18,23)(H,19,22)(H,20,24)/t12-,13-,14+/m1/s1. The summed E-state index contributed by atoms with van der Waals surface area (Å²) in [5.74, 6) is -0.669. The highest BCUT2D eigenvalue weighted by Crippen LogP contribution is 2.02. The van der Waals surface area contributed by atoms with Crippen LogP contribution in [0.15, 0.2) is 0 Å². The zero-order valence-electron chi connectivity index (χ0n) is 14.4. The summed E-state index contributed by atoms with van der Waals surface area (Å²) in [4.78, 5) is 33.5. The summed E-state index contributed by atoms with van der Waals surface area (Å²) >= 11 is 0. The van der Waals surface area contributed by atoms with E-state index in [1.165, 1.54) is 0 Å². The Labute approximate surface area is 143 Å². The molecule has 0 rings (SSSR count). The molecule has 4 N–H and O–H groups in total. The van der Waals surface area contributed by atoms with Crippen LogP contribution in [0.3, 0.4) is 0 Å². The molecule has 0 aromatic carbocycles. The van der Waals surface area contributed by atoms with E-state index in [4.69, 9.17) is 5.26 Å². The van der Waals surface area contributed by atoms with Gasteiger partial charge in [0.25, 0.3) is 0 Å². The molecular formula is C16H28N4O4. The lowest BCUT2D eigenvalue weighted by atomic mass is 10.1. The number of nitrogens with one attached hydrogen (secondary N) is 3. The van der Waals surface area contributed by atoms with Crippen molar-refractivity contribution < 1.29 is 19.5 Å². The highest BCUT2D eigenvalue weighted by Gasteiger charge is 2.14. The SMILES string of the molecule is C[C@H](CC(=O)N[C@H](CO)CCCCNC(=O)C[C@@H](C)C#N)NC=O. The maximum absolute atomic E-state index is 11.7. The molecule has 0 bridgehead atoms. The maximum Gasteiger partial charge on any atom is 0.222 e. The summed E-state index contributed by atoms with van der Waals surface area (Å²) in [7, 11) is 0. The van der Waals surface area contributed by atoms with Gasteiger partial charge in [-0.25, -0.2) is 0 Å². The van der Waals surface area contributed by atoms with Crippen LogP contribution in [0.5, 0.6) is 0 Å². The number of carbonyl (C=O) groups excluding carboxylic acids is 3. The van der Waals surface area contributed by atoms with Crippen molar-refractivity contribution in [3.63, 3.8) is 0 Å². The van der Waals surface area contributed by atoms with Gasteiger partial charge in [-0.1, -0.05) is 0 Å². The van der Waals surface area contributed by atoms with Crippen molar-refractivity contribution in [1.29, 1.82) is 5.26 Å². The van der Waals surface area contributed by atoms with Crippen LogP contribution in [0.2, 0.25) is 0 Å². The van der Waals surface area contributed by atoms with E-state index in [1.807, 2.05) is 6.07 Å². The molecule has 0 saturated heterocycles. The topological polar surface area (TPSA) is 131 Å². The first-order valence-corrected chi connectivity index (χ1v) is 8.19.